The third-order valence-corrected chi connectivity index (χ3v) is 2.56. The van der Waals surface area contributed by atoms with Gasteiger partial charge in [-0.2, -0.15) is 13.2 Å². The lowest BCUT2D eigenvalue weighted by atomic mass is 10.0. The third kappa shape index (κ3) is 7.25. The Morgan fingerprint density at radius 2 is 1.53 bits per heavy atom. The molecule has 4 nitrogen and oxygen atoms in total. The summed E-state index contributed by atoms with van der Waals surface area (Å²) in [4.78, 5) is 1.71. The molecule has 7 heteroatoms. The van der Waals surface area contributed by atoms with E-state index in [0.717, 1.165) is 0 Å². The third-order valence-electron chi connectivity index (χ3n) is 2.56. The zero-order valence-electron chi connectivity index (χ0n) is 11.9. The highest BCUT2D eigenvalue weighted by Gasteiger charge is 2.43. The van der Waals surface area contributed by atoms with Crippen LogP contribution in [0.1, 0.15) is 27.7 Å². The number of alkyl halides is 3. The maximum absolute atomic E-state index is 12.9. The van der Waals surface area contributed by atoms with Crippen LogP contribution in [0.2, 0.25) is 0 Å². The average molecular weight is 283 g/mol. The molecule has 1 atom stereocenters. The molecule has 0 fully saturated rings. The summed E-state index contributed by atoms with van der Waals surface area (Å²) in [6.07, 6.45) is -4.51. The summed E-state index contributed by atoms with van der Waals surface area (Å²) in [5.74, 6) is -2.22. The fourth-order valence-electron chi connectivity index (χ4n) is 1.95. The van der Waals surface area contributed by atoms with Crippen molar-refractivity contribution < 1.29 is 18.4 Å². The van der Waals surface area contributed by atoms with Gasteiger partial charge in [0.15, 0.2) is 5.84 Å². The summed E-state index contributed by atoms with van der Waals surface area (Å²) in [5, 5.41) is 11.0. The van der Waals surface area contributed by atoms with Gasteiger partial charge in [0.05, 0.1) is 0 Å². The molecule has 1 unspecified atom stereocenters. The zero-order chi connectivity index (χ0) is 15.2. The molecule has 0 rings (SSSR count). The van der Waals surface area contributed by atoms with E-state index in [1.54, 1.807) is 4.90 Å². The van der Waals surface area contributed by atoms with Crippen LogP contribution in [0.4, 0.5) is 13.2 Å². The molecule has 0 radical (unpaired) electrons. The summed E-state index contributed by atoms with van der Waals surface area (Å²) in [5.41, 5.74) is 5.17. The van der Waals surface area contributed by atoms with Gasteiger partial charge < -0.3 is 15.8 Å². The second kappa shape index (κ2) is 7.57. The SMILES string of the molecule is CC(C)CN(CC(C)C)CC(C(N)=NO)C(F)(F)F. The van der Waals surface area contributed by atoms with Crippen molar-refractivity contribution in [1.29, 1.82) is 0 Å². The van der Waals surface area contributed by atoms with E-state index in [1.165, 1.54) is 0 Å². The van der Waals surface area contributed by atoms with Crippen LogP contribution in [-0.4, -0.2) is 41.8 Å². The number of rotatable bonds is 7. The van der Waals surface area contributed by atoms with Gasteiger partial charge in [0.1, 0.15) is 5.92 Å². The first-order valence-corrected chi connectivity index (χ1v) is 6.34. The van der Waals surface area contributed by atoms with Crippen molar-refractivity contribution >= 4 is 5.84 Å². The highest BCUT2D eigenvalue weighted by Crippen LogP contribution is 2.27. The largest absolute Gasteiger partial charge is 0.409 e. The van der Waals surface area contributed by atoms with Crippen LogP contribution in [0.3, 0.4) is 0 Å². The quantitative estimate of drug-likeness (QED) is 0.327. The molecule has 0 saturated heterocycles. The highest BCUT2D eigenvalue weighted by atomic mass is 19.4. The van der Waals surface area contributed by atoms with Crippen LogP contribution in [0.5, 0.6) is 0 Å². The van der Waals surface area contributed by atoms with E-state index in [4.69, 9.17) is 10.9 Å². The standard InChI is InChI=1S/C12H24F3N3O/c1-8(2)5-18(6-9(3)4)7-10(11(16)17-19)12(13,14)15/h8-10,19H,5-7H2,1-4H3,(H2,16,17). The van der Waals surface area contributed by atoms with E-state index in [2.05, 4.69) is 5.16 Å². The first kappa shape index (κ1) is 18.0. The maximum Gasteiger partial charge on any atom is 0.400 e. The lowest BCUT2D eigenvalue weighted by Crippen LogP contribution is -2.46. The minimum Gasteiger partial charge on any atom is -0.409 e. The van der Waals surface area contributed by atoms with Gasteiger partial charge in [-0.3, -0.25) is 0 Å². The van der Waals surface area contributed by atoms with E-state index in [0.29, 0.717) is 13.1 Å². The topological polar surface area (TPSA) is 61.8 Å². The lowest BCUT2D eigenvalue weighted by Gasteiger charge is -2.30. The minimum atomic E-state index is -4.51. The summed E-state index contributed by atoms with van der Waals surface area (Å²) >= 11 is 0. The Kier molecular flexibility index (Phi) is 7.18. The van der Waals surface area contributed by atoms with E-state index in [1.807, 2.05) is 27.7 Å². The molecule has 0 aromatic carbocycles. The zero-order valence-corrected chi connectivity index (χ0v) is 11.9. The van der Waals surface area contributed by atoms with Gasteiger partial charge in [-0.1, -0.05) is 32.9 Å². The van der Waals surface area contributed by atoms with E-state index in [9.17, 15) is 13.2 Å². The van der Waals surface area contributed by atoms with Gasteiger partial charge in [0.25, 0.3) is 0 Å². The van der Waals surface area contributed by atoms with Crippen LogP contribution >= 0.6 is 0 Å². The Bertz CT molecular complexity index is 280. The number of amidine groups is 1. The smallest absolute Gasteiger partial charge is 0.400 e. The van der Waals surface area contributed by atoms with Crippen LogP contribution in [-0.2, 0) is 0 Å². The Balaban J connectivity index is 4.92. The molecule has 0 bridgehead atoms. The van der Waals surface area contributed by atoms with E-state index < -0.39 is 17.9 Å². The average Bonchev–Trinajstić information content (AvgIpc) is 2.21. The van der Waals surface area contributed by atoms with Crippen molar-refractivity contribution in [3.05, 3.63) is 0 Å². The first-order chi connectivity index (χ1) is 8.57. The first-order valence-electron chi connectivity index (χ1n) is 6.34. The fourth-order valence-corrected chi connectivity index (χ4v) is 1.95. The van der Waals surface area contributed by atoms with Crippen LogP contribution < -0.4 is 5.73 Å². The van der Waals surface area contributed by atoms with Gasteiger partial charge in [0, 0.05) is 19.6 Å². The summed E-state index contributed by atoms with van der Waals surface area (Å²) in [6.45, 7) is 8.58. The maximum atomic E-state index is 12.9. The predicted octanol–water partition coefficient (Wildman–Crippen LogP) is 2.53. The molecule has 0 saturated carbocycles. The predicted molar refractivity (Wildman–Crippen MR) is 69.1 cm³/mol. The van der Waals surface area contributed by atoms with Gasteiger partial charge in [0.2, 0.25) is 0 Å². The molecule has 3 N–H and O–H groups in total. The number of nitrogens with two attached hydrogens (primary N) is 1. The Labute approximate surface area is 112 Å². The minimum absolute atomic E-state index is 0.250. The van der Waals surface area contributed by atoms with E-state index >= 15 is 0 Å². The summed E-state index contributed by atoms with van der Waals surface area (Å²) in [7, 11) is 0. The van der Waals surface area contributed by atoms with Crippen molar-refractivity contribution in [2.24, 2.45) is 28.6 Å². The van der Waals surface area contributed by atoms with Crippen molar-refractivity contribution in [3.63, 3.8) is 0 Å². The molecule has 0 spiro atoms. The highest BCUT2D eigenvalue weighted by molar-refractivity contribution is 5.83. The van der Waals surface area contributed by atoms with Crippen molar-refractivity contribution in [3.8, 4) is 0 Å². The Morgan fingerprint density at radius 3 is 1.79 bits per heavy atom. The Morgan fingerprint density at radius 1 is 1.11 bits per heavy atom. The summed E-state index contributed by atoms with van der Waals surface area (Å²) in [6, 6.07) is 0. The Hall–Kier alpha value is -0.980. The monoisotopic (exact) mass is 283 g/mol. The molecule has 0 aromatic rings. The molecule has 0 aliphatic rings. The second-order valence-electron chi connectivity index (χ2n) is 5.63. The lowest BCUT2D eigenvalue weighted by molar-refractivity contribution is -0.160. The van der Waals surface area contributed by atoms with Crippen molar-refractivity contribution in [1.82, 2.24) is 4.90 Å². The van der Waals surface area contributed by atoms with Crippen molar-refractivity contribution in [2.45, 2.75) is 33.9 Å². The molecule has 0 heterocycles. The molecule has 0 aromatic heterocycles. The van der Waals surface area contributed by atoms with Gasteiger partial charge in [-0.15, -0.1) is 0 Å². The number of hydrogen-bond donors (Lipinski definition) is 2. The molecule has 114 valence electrons. The van der Waals surface area contributed by atoms with Crippen molar-refractivity contribution in [2.75, 3.05) is 19.6 Å². The second-order valence-corrected chi connectivity index (χ2v) is 5.63. The fraction of sp³-hybridized carbons (Fsp3) is 0.917. The number of nitrogens with zero attached hydrogens (tertiary/aromatic N) is 2. The van der Waals surface area contributed by atoms with Crippen LogP contribution in [0.15, 0.2) is 5.16 Å². The molecule has 0 aliphatic carbocycles. The number of oxime groups is 1. The number of hydrogen-bond acceptors (Lipinski definition) is 3. The van der Waals surface area contributed by atoms with Crippen LogP contribution in [0.25, 0.3) is 0 Å². The van der Waals surface area contributed by atoms with Gasteiger partial charge >= 0.3 is 6.18 Å². The van der Waals surface area contributed by atoms with E-state index in [-0.39, 0.29) is 18.4 Å². The number of halogens is 3. The van der Waals surface area contributed by atoms with Gasteiger partial charge in [-0.25, -0.2) is 0 Å². The molecule has 0 aliphatic heterocycles. The normalized spacial score (nSPS) is 15.6. The van der Waals surface area contributed by atoms with Gasteiger partial charge in [-0.05, 0) is 11.8 Å². The van der Waals surface area contributed by atoms with Crippen LogP contribution in [0, 0.1) is 17.8 Å². The molecule has 0 amide bonds. The molecule has 19 heavy (non-hydrogen) atoms. The molecular formula is C12H24F3N3O. The summed E-state index contributed by atoms with van der Waals surface area (Å²) < 4.78 is 38.7. The molecular weight excluding hydrogens is 259 g/mol.